The van der Waals surface area contributed by atoms with Gasteiger partial charge in [0.1, 0.15) is 22.6 Å². The molecule has 0 radical (unpaired) electrons. The second kappa shape index (κ2) is 13.1. The number of hydrogen-bond acceptors (Lipinski definition) is 3. The highest BCUT2D eigenvalue weighted by molar-refractivity contribution is 6.29. The first kappa shape index (κ1) is 29.3. The van der Waals surface area contributed by atoms with Gasteiger partial charge < -0.3 is 10.2 Å². The van der Waals surface area contributed by atoms with Crippen molar-refractivity contribution in [2.24, 2.45) is 0 Å². The van der Waals surface area contributed by atoms with E-state index in [9.17, 15) is 22.0 Å². The first-order valence-corrected chi connectivity index (χ1v) is 13.8. The summed E-state index contributed by atoms with van der Waals surface area (Å²) in [5.41, 5.74) is 0.691. The van der Waals surface area contributed by atoms with Crippen LogP contribution in [0.2, 0.25) is 5.15 Å². The van der Waals surface area contributed by atoms with E-state index in [-0.39, 0.29) is 22.6 Å². The van der Waals surface area contributed by atoms with Crippen molar-refractivity contribution in [1.29, 1.82) is 0 Å². The molecule has 2 heterocycles. The van der Waals surface area contributed by atoms with Crippen molar-refractivity contribution in [3.63, 3.8) is 0 Å². The average molecular weight is 566 g/mol. The molecule has 0 aliphatic carbocycles. The Balaban J connectivity index is 1.53. The van der Waals surface area contributed by atoms with E-state index >= 15 is 0 Å². The quantitative estimate of drug-likeness (QED) is 0.145. The number of anilines is 1. The van der Waals surface area contributed by atoms with Crippen LogP contribution < -0.4 is 10.2 Å². The Bertz CT molecular complexity index is 1150. The molecule has 0 spiro atoms. The van der Waals surface area contributed by atoms with Gasteiger partial charge in [0.25, 0.3) is 0 Å². The van der Waals surface area contributed by atoms with Crippen molar-refractivity contribution < 1.29 is 22.0 Å². The predicted octanol–water partition coefficient (Wildman–Crippen LogP) is 8.01. The maximum Gasteiger partial charge on any atom is 0.419 e. The number of halogens is 6. The molecule has 3 aromatic rings. The van der Waals surface area contributed by atoms with Gasteiger partial charge in [0.05, 0.1) is 11.1 Å². The van der Waals surface area contributed by atoms with Crippen LogP contribution in [0.3, 0.4) is 0 Å². The zero-order valence-electron chi connectivity index (χ0n) is 21.7. The normalized spacial score (nSPS) is 15.5. The van der Waals surface area contributed by atoms with Gasteiger partial charge in [-0.3, -0.25) is 0 Å². The monoisotopic (exact) mass is 565 g/mol. The van der Waals surface area contributed by atoms with Crippen LogP contribution in [0.4, 0.5) is 27.8 Å². The van der Waals surface area contributed by atoms with Gasteiger partial charge in [0.2, 0.25) is 0 Å². The van der Waals surface area contributed by atoms with E-state index < -0.39 is 17.3 Å². The molecule has 39 heavy (non-hydrogen) atoms. The minimum atomic E-state index is -4.56. The summed E-state index contributed by atoms with van der Waals surface area (Å²) in [6, 6.07) is 15.0. The molecule has 1 N–H and O–H groups in total. The average Bonchev–Trinajstić information content (AvgIpc) is 2.91. The lowest BCUT2D eigenvalue weighted by molar-refractivity contribution is -0.137. The highest BCUT2D eigenvalue weighted by Gasteiger charge is 2.43. The first-order chi connectivity index (χ1) is 18.7. The van der Waals surface area contributed by atoms with E-state index in [1.807, 2.05) is 4.90 Å². The van der Waals surface area contributed by atoms with Crippen molar-refractivity contribution in [2.45, 2.75) is 63.1 Å². The van der Waals surface area contributed by atoms with Crippen LogP contribution in [0, 0.1) is 11.6 Å². The Morgan fingerprint density at radius 1 is 0.795 bits per heavy atom. The van der Waals surface area contributed by atoms with Gasteiger partial charge in [-0.25, -0.2) is 13.8 Å². The third-order valence-electron chi connectivity index (χ3n) is 7.48. The molecule has 4 rings (SSSR count). The predicted molar refractivity (Wildman–Crippen MR) is 145 cm³/mol. The molecule has 0 saturated carbocycles. The maximum atomic E-state index is 14.1. The molecule has 0 atom stereocenters. The summed E-state index contributed by atoms with van der Waals surface area (Å²) in [7, 11) is 0. The molecule has 1 saturated heterocycles. The Hall–Kier alpha value is -2.71. The van der Waals surface area contributed by atoms with Crippen molar-refractivity contribution in [3.05, 3.63) is 94.1 Å². The van der Waals surface area contributed by atoms with E-state index in [1.165, 1.54) is 30.3 Å². The molecule has 3 nitrogen and oxygen atoms in total. The summed E-state index contributed by atoms with van der Waals surface area (Å²) in [5, 5.41) is 3.44. The standard InChI is InChI=1S/C30H33ClF5N3/c31-27-16-15-26(30(34,35)36)28(38-27)39-20-19-37-21-29(39,17-3-1-5-22-7-11-24(32)12-8-22)18-4-2-6-23-9-13-25(33)14-10-23/h7-16,37H,1-6,17-21H2. The van der Waals surface area contributed by atoms with Crippen LogP contribution in [-0.2, 0) is 19.0 Å². The van der Waals surface area contributed by atoms with Gasteiger partial charge in [-0.1, -0.05) is 48.7 Å². The van der Waals surface area contributed by atoms with Crippen LogP contribution in [0.5, 0.6) is 0 Å². The lowest BCUT2D eigenvalue weighted by Crippen LogP contribution is -2.62. The highest BCUT2D eigenvalue weighted by atomic mass is 35.5. The molecular formula is C30H33ClF5N3. The number of benzene rings is 2. The summed E-state index contributed by atoms with van der Waals surface area (Å²) in [4.78, 5) is 6.03. The molecule has 1 aromatic heterocycles. The number of piperazine rings is 1. The Morgan fingerprint density at radius 2 is 1.33 bits per heavy atom. The Kier molecular flexibility index (Phi) is 9.83. The summed E-state index contributed by atoms with van der Waals surface area (Å²) in [6.45, 7) is 1.45. The number of hydrogen-bond donors (Lipinski definition) is 1. The summed E-state index contributed by atoms with van der Waals surface area (Å²) in [6.07, 6.45) is 1.53. The van der Waals surface area contributed by atoms with Gasteiger partial charge in [0.15, 0.2) is 0 Å². The first-order valence-electron chi connectivity index (χ1n) is 13.4. The minimum Gasteiger partial charge on any atom is -0.348 e. The lowest BCUT2D eigenvalue weighted by atomic mass is 9.82. The maximum absolute atomic E-state index is 14.1. The molecule has 210 valence electrons. The largest absolute Gasteiger partial charge is 0.419 e. The molecular weight excluding hydrogens is 533 g/mol. The van der Waals surface area contributed by atoms with E-state index in [2.05, 4.69) is 10.3 Å². The molecule has 2 aromatic carbocycles. The number of aryl methyl sites for hydroxylation is 2. The SMILES string of the molecule is Fc1ccc(CCCCC2(CCCCc3ccc(F)cc3)CNCCN2c2nc(Cl)ccc2C(F)(F)F)cc1. The zero-order valence-corrected chi connectivity index (χ0v) is 22.5. The minimum absolute atomic E-state index is 0.0260. The van der Waals surface area contributed by atoms with Crippen molar-refractivity contribution >= 4 is 17.4 Å². The third kappa shape index (κ3) is 7.92. The fraction of sp³-hybridized carbons (Fsp3) is 0.433. The number of unbranched alkanes of at least 4 members (excludes halogenated alkanes) is 2. The zero-order chi connectivity index (χ0) is 27.9. The number of nitrogens with one attached hydrogen (secondary N) is 1. The van der Waals surface area contributed by atoms with Crippen molar-refractivity contribution in [1.82, 2.24) is 10.3 Å². The fourth-order valence-electron chi connectivity index (χ4n) is 5.47. The van der Waals surface area contributed by atoms with Gasteiger partial charge in [-0.15, -0.1) is 0 Å². The number of rotatable bonds is 11. The van der Waals surface area contributed by atoms with E-state index in [0.29, 0.717) is 32.5 Å². The summed E-state index contributed by atoms with van der Waals surface area (Å²) >= 11 is 6.12. The summed E-state index contributed by atoms with van der Waals surface area (Å²) in [5.74, 6) is -0.679. The van der Waals surface area contributed by atoms with Gasteiger partial charge in [0, 0.05) is 19.6 Å². The molecule has 1 fully saturated rings. The van der Waals surface area contributed by atoms with Crippen LogP contribution in [0.15, 0.2) is 60.7 Å². The van der Waals surface area contributed by atoms with Gasteiger partial charge in [-0.05, 0) is 86.1 Å². The van der Waals surface area contributed by atoms with Crippen molar-refractivity contribution in [2.75, 3.05) is 24.5 Å². The van der Waals surface area contributed by atoms with Crippen LogP contribution in [0.25, 0.3) is 0 Å². The van der Waals surface area contributed by atoms with Crippen LogP contribution in [0.1, 0.15) is 55.2 Å². The molecule has 1 aliphatic rings. The van der Waals surface area contributed by atoms with E-state index in [4.69, 9.17) is 11.6 Å². The lowest BCUT2D eigenvalue weighted by Gasteiger charge is -2.49. The van der Waals surface area contributed by atoms with Crippen molar-refractivity contribution in [3.8, 4) is 0 Å². The Labute approximate surface area is 231 Å². The molecule has 9 heteroatoms. The topological polar surface area (TPSA) is 28.2 Å². The smallest absolute Gasteiger partial charge is 0.348 e. The van der Waals surface area contributed by atoms with Crippen LogP contribution in [-0.4, -0.2) is 30.2 Å². The number of alkyl halides is 3. The number of aromatic nitrogens is 1. The van der Waals surface area contributed by atoms with E-state index in [1.54, 1.807) is 24.3 Å². The van der Waals surface area contributed by atoms with E-state index in [0.717, 1.165) is 55.7 Å². The fourth-order valence-corrected chi connectivity index (χ4v) is 5.61. The number of nitrogens with zero attached hydrogens (tertiary/aromatic N) is 2. The molecule has 1 aliphatic heterocycles. The third-order valence-corrected chi connectivity index (χ3v) is 7.69. The number of pyridine rings is 1. The molecule has 0 amide bonds. The second-order valence-corrected chi connectivity index (χ2v) is 10.6. The highest BCUT2D eigenvalue weighted by Crippen LogP contribution is 2.41. The molecule has 0 unspecified atom stereocenters. The van der Waals surface area contributed by atoms with Crippen LogP contribution >= 0.6 is 11.6 Å². The van der Waals surface area contributed by atoms with Gasteiger partial charge >= 0.3 is 6.18 Å². The summed E-state index contributed by atoms with van der Waals surface area (Å²) < 4.78 is 68.7. The second-order valence-electron chi connectivity index (χ2n) is 10.2. The Morgan fingerprint density at radius 3 is 1.85 bits per heavy atom. The van der Waals surface area contributed by atoms with Gasteiger partial charge in [-0.2, -0.15) is 13.2 Å². The molecule has 0 bridgehead atoms.